The van der Waals surface area contributed by atoms with E-state index in [0.717, 1.165) is 16.7 Å². The summed E-state index contributed by atoms with van der Waals surface area (Å²) < 4.78 is 5.40. The van der Waals surface area contributed by atoms with Crippen LogP contribution in [0, 0.1) is 12.3 Å². The Labute approximate surface area is 105 Å². The molecule has 0 unspecified atom stereocenters. The Hall–Kier alpha value is -2.41. The summed E-state index contributed by atoms with van der Waals surface area (Å²) in [6.07, 6.45) is 5.09. The Balaban J connectivity index is 2.27. The van der Waals surface area contributed by atoms with Gasteiger partial charge in [0.15, 0.2) is 0 Å². The van der Waals surface area contributed by atoms with Gasteiger partial charge in [-0.2, -0.15) is 0 Å². The molecule has 92 valence electrons. The second kappa shape index (κ2) is 5.28. The SMILES string of the molecule is C#CCNC(=O)c1cc2ccc(OCC)cc2[nH]1. The van der Waals surface area contributed by atoms with Crippen molar-refractivity contribution >= 4 is 16.8 Å². The van der Waals surface area contributed by atoms with Gasteiger partial charge >= 0.3 is 0 Å². The van der Waals surface area contributed by atoms with Crippen LogP contribution >= 0.6 is 0 Å². The molecule has 2 aromatic rings. The third-order valence-electron chi connectivity index (χ3n) is 2.50. The Morgan fingerprint density at radius 1 is 1.50 bits per heavy atom. The zero-order chi connectivity index (χ0) is 13.0. The first-order valence-corrected chi connectivity index (χ1v) is 5.72. The summed E-state index contributed by atoms with van der Waals surface area (Å²) in [6.45, 7) is 2.76. The van der Waals surface area contributed by atoms with Crippen LogP contribution < -0.4 is 10.1 Å². The predicted molar refractivity (Wildman–Crippen MR) is 70.6 cm³/mol. The lowest BCUT2D eigenvalue weighted by Gasteiger charge is -2.01. The van der Waals surface area contributed by atoms with Crippen LogP contribution in [0.15, 0.2) is 24.3 Å². The molecule has 4 heteroatoms. The number of carbonyl (C=O) groups excluding carboxylic acids is 1. The summed E-state index contributed by atoms with van der Waals surface area (Å²) in [7, 11) is 0. The molecule has 1 aromatic heterocycles. The maximum absolute atomic E-state index is 11.7. The number of amides is 1. The largest absolute Gasteiger partial charge is 0.494 e. The Morgan fingerprint density at radius 3 is 3.06 bits per heavy atom. The second-order valence-corrected chi connectivity index (χ2v) is 3.75. The summed E-state index contributed by atoms with van der Waals surface area (Å²) >= 11 is 0. The first-order chi connectivity index (χ1) is 8.74. The summed E-state index contributed by atoms with van der Waals surface area (Å²) in [6, 6.07) is 7.45. The van der Waals surface area contributed by atoms with Crippen LogP contribution in [-0.4, -0.2) is 24.0 Å². The van der Waals surface area contributed by atoms with Crippen molar-refractivity contribution in [3.05, 3.63) is 30.0 Å². The fourth-order valence-electron chi connectivity index (χ4n) is 1.71. The molecular formula is C14H14N2O2. The molecular weight excluding hydrogens is 228 g/mol. The lowest BCUT2D eigenvalue weighted by atomic mass is 10.2. The van der Waals surface area contributed by atoms with Gasteiger partial charge in [-0.3, -0.25) is 4.79 Å². The number of benzene rings is 1. The minimum atomic E-state index is -0.206. The number of terminal acetylenes is 1. The van der Waals surface area contributed by atoms with E-state index >= 15 is 0 Å². The maximum atomic E-state index is 11.7. The van der Waals surface area contributed by atoms with Crippen LogP contribution in [0.4, 0.5) is 0 Å². The molecule has 0 bridgehead atoms. The number of fused-ring (bicyclic) bond motifs is 1. The van der Waals surface area contributed by atoms with Crippen molar-refractivity contribution < 1.29 is 9.53 Å². The Bertz CT molecular complexity index is 608. The molecule has 0 aliphatic heterocycles. The molecule has 0 saturated carbocycles. The average molecular weight is 242 g/mol. The van der Waals surface area contributed by atoms with Crippen molar-refractivity contribution in [2.75, 3.05) is 13.2 Å². The van der Waals surface area contributed by atoms with Gasteiger partial charge in [0.25, 0.3) is 5.91 Å². The number of aromatic amines is 1. The van der Waals surface area contributed by atoms with Crippen LogP contribution in [0.3, 0.4) is 0 Å². The number of H-pyrrole nitrogens is 1. The molecule has 0 aliphatic carbocycles. The maximum Gasteiger partial charge on any atom is 0.268 e. The molecule has 1 aromatic carbocycles. The molecule has 0 aliphatic rings. The highest BCUT2D eigenvalue weighted by Gasteiger charge is 2.08. The smallest absolute Gasteiger partial charge is 0.268 e. The summed E-state index contributed by atoms with van der Waals surface area (Å²) in [5.74, 6) is 2.94. The van der Waals surface area contributed by atoms with E-state index in [1.165, 1.54) is 0 Å². The van der Waals surface area contributed by atoms with E-state index in [1.54, 1.807) is 6.07 Å². The van der Waals surface area contributed by atoms with Crippen molar-refractivity contribution in [1.82, 2.24) is 10.3 Å². The van der Waals surface area contributed by atoms with Gasteiger partial charge in [-0.15, -0.1) is 6.42 Å². The van der Waals surface area contributed by atoms with Gasteiger partial charge in [0.05, 0.1) is 13.2 Å². The van der Waals surface area contributed by atoms with Gasteiger partial charge in [-0.05, 0) is 25.1 Å². The minimum Gasteiger partial charge on any atom is -0.494 e. The van der Waals surface area contributed by atoms with Crippen molar-refractivity contribution in [2.24, 2.45) is 0 Å². The standard InChI is InChI=1S/C14H14N2O2/c1-3-7-15-14(17)13-8-10-5-6-11(18-4-2)9-12(10)16-13/h1,5-6,8-9,16H,4,7H2,2H3,(H,15,17). The van der Waals surface area contributed by atoms with Gasteiger partial charge in [-0.25, -0.2) is 0 Å². The van der Waals surface area contributed by atoms with Crippen molar-refractivity contribution in [2.45, 2.75) is 6.92 Å². The fraction of sp³-hybridized carbons (Fsp3) is 0.214. The van der Waals surface area contributed by atoms with E-state index in [9.17, 15) is 4.79 Å². The molecule has 0 radical (unpaired) electrons. The first-order valence-electron chi connectivity index (χ1n) is 5.72. The lowest BCUT2D eigenvalue weighted by molar-refractivity contribution is 0.0954. The number of aromatic nitrogens is 1. The third kappa shape index (κ3) is 2.46. The molecule has 1 heterocycles. The number of ether oxygens (including phenoxy) is 1. The normalized spacial score (nSPS) is 10.0. The van der Waals surface area contributed by atoms with Gasteiger partial charge in [-0.1, -0.05) is 5.92 Å². The highest BCUT2D eigenvalue weighted by molar-refractivity contribution is 5.98. The highest BCUT2D eigenvalue weighted by atomic mass is 16.5. The van der Waals surface area contributed by atoms with Gasteiger partial charge in [0.1, 0.15) is 11.4 Å². The molecule has 0 saturated heterocycles. The predicted octanol–water partition coefficient (Wildman–Crippen LogP) is 1.93. The fourth-order valence-corrected chi connectivity index (χ4v) is 1.71. The molecule has 2 N–H and O–H groups in total. The number of rotatable bonds is 4. The van der Waals surface area contributed by atoms with Crippen LogP contribution in [0.1, 0.15) is 17.4 Å². The van der Waals surface area contributed by atoms with Crippen LogP contribution in [-0.2, 0) is 0 Å². The van der Waals surface area contributed by atoms with Crippen molar-refractivity contribution in [3.63, 3.8) is 0 Å². The van der Waals surface area contributed by atoms with E-state index in [1.807, 2.05) is 25.1 Å². The third-order valence-corrected chi connectivity index (χ3v) is 2.50. The monoisotopic (exact) mass is 242 g/mol. The zero-order valence-corrected chi connectivity index (χ0v) is 10.1. The first kappa shape index (κ1) is 12.1. The van der Waals surface area contributed by atoms with Gasteiger partial charge < -0.3 is 15.0 Å². The minimum absolute atomic E-state index is 0.206. The Kier molecular flexibility index (Phi) is 3.54. The second-order valence-electron chi connectivity index (χ2n) is 3.75. The van der Waals surface area contributed by atoms with E-state index in [4.69, 9.17) is 11.2 Å². The summed E-state index contributed by atoms with van der Waals surface area (Å²) in [4.78, 5) is 14.8. The lowest BCUT2D eigenvalue weighted by Crippen LogP contribution is -2.23. The van der Waals surface area contributed by atoms with Gasteiger partial charge in [0, 0.05) is 17.0 Å². The van der Waals surface area contributed by atoms with Crippen molar-refractivity contribution in [1.29, 1.82) is 0 Å². The molecule has 2 rings (SSSR count). The van der Waals surface area contributed by atoms with E-state index in [2.05, 4.69) is 16.2 Å². The summed E-state index contributed by atoms with van der Waals surface area (Å²) in [5, 5.41) is 3.57. The van der Waals surface area contributed by atoms with E-state index in [0.29, 0.717) is 12.3 Å². The molecule has 18 heavy (non-hydrogen) atoms. The molecule has 0 fully saturated rings. The number of hydrogen-bond donors (Lipinski definition) is 2. The van der Waals surface area contributed by atoms with Crippen LogP contribution in [0.5, 0.6) is 5.75 Å². The Morgan fingerprint density at radius 2 is 2.33 bits per heavy atom. The van der Waals surface area contributed by atoms with E-state index < -0.39 is 0 Å². The summed E-state index contributed by atoms with van der Waals surface area (Å²) in [5.41, 5.74) is 1.36. The average Bonchev–Trinajstić information content (AvgIpc) is 2.79. The molecule has 1 amide bonds. The molecule has 0 spiro atoms. The number of nitrogens with one attached hydrogen (secondary N) is 2. The molecule has 0 atom stereocenters. The van der Waals surface area contributed by atoms with Crippen LogP contribution in [0.2, 0.25) is 0 Å². The zero-order valence-electron chi connectivity index (χ0n) is 10.1. The van der Waals surface area contributed by atoms with Crippen LogP contribution in [0.25, 0.3) is 10.9 Å². The quantitative estimate of drug-likeness (QED) is 0.805. The molecule has 4 nitrogen and oxygen atoms in total. The number of hydrogen-bond acceptors (Lipinski definition) is 2. The number of carbonyl (C=O) groups is 1. The topological polar surface area (TPSA) is 54.1 Å². The highest BCUT2D eigenvalue weighted by Crippen LogP contribution is 2.21. The van der Waals surface area contributed by atoms with Gasteiger partial charge in [0.2, 0.25) is 0 Å². The van der Waals surface area contributed by atoms with E-state index in [-0.39, 0.29) is 12.5 Å². The van der Waals surface area contributed by atoms with Crippen molar-refractivity contribution in [3.8, 4) is 18.1 Å².